The van der Waals surface area contributed by atoms with Gasteiger partial charge in [0.25, 0.3) is 0 Å². The number of carbonyl (C=O) groups is 2. The molecule has 116 valence electrons. The Kier molecular flexibility index (Phi) is 3.62. The minimum absolute atomic E-state index is 0.0498. The van der Waals surface area contributed by atoms with Gasteiger partial charge in [-0.25, -0.2) is 0 Å². The molecule has 1 aromatic heterocycles. The molecule has 0 amide bonds. The molecule has 0 saturated carbocycles. The number of ketones is 2. The van der Waals surface area contributed by atoms with Gasteiger partial charge in [0.1, 0.15) is 5.76 Å². The SMILES string of the molecule is O=C1CCCC2=C1C(c1cccs1)C(C(=O)c1ccccc1)O2. The molecule has 2 atom stereocenters. The minimum Gasteiger partial charge on any atom is -0.485 e. The first-order chi connectivity index (χ1) is 11.3. The molecule has 23 heavy (non-hydrogen) atoms. The van der Waals surface area contributed by atoms with E-state index in [-0.39, 0.29) is 17.5 Å². The van der Waals surface area contributed by atoms with Gasteiger partial charge in [0.15, 0.2) is 11.9 Å². The highest BCUT2D eigenvalue weighted by Gasteiger charge is 2.46. The number of rotatable bonds is 3. The molecule has 3 nitrogen and oxygen atoms in total. The first-order valence-electron chi connectivity index (χ1n) is 7.81. The molecule has 2 aliphatic rings. The zero-order valence-corrected chi connectivity index (χ0v) is 13.3. The maximum atomic E-state index is 12.9. The first-order valence-corrected chi connectivity index (χ1v) is 8.69. The van der Waals surface area contributed by atoms with Crippen molar-refractivity contribution in [3.05, 3.63) is 69.6 Å². The van der Waals surface area contributed by atoms with E-state index < -0.39 is 6.10 Å². The van der Waals surface area contributed by atoms with Gasteiger partial charge in [-0.2, -0.15) is 0 Å². The smallest absolute Gasteiger partial charge is 0.204 e. The van der Waals surface area contributed by atoms with Crippen LogP contribution in [0.5, 0.6) is 0 Å². The molecule has 0 radical (unpaired) electrons. The Morgan fingerprint density at radius 3 is 2.65 bits per heavy atom. The van der Waals surface area contributed by atoms with Crippen LogP contribution < -0.4 is 0 Å². The number of Topliss-reactive ketones (excluding diaryl/α,β-unsaturated/α-hetero) is 2. The van der Waals surface area contributed by atoms with E-state index in [9.17, 15) is 9.59 Å². The lowest BCUT2D eigenvalue weighted by atomic mass is 9.83. The number of hydrogen-bond donors (Lipinski definition) is 0. The van der Waals surface area contributed by atoms with Crippen LogP contribution in [0.25, 0.3) is 0 Å². The van der Waals surface area contributed by atoms with Crippen LogP contribution in [-0.2, 0) is 9.53 Å². The summed E-state index contributed by atoms with van der Waals surface area (Å²) in [6, 6.07) is 13.1. The Morgan fingerprint density at radius 1 is 1.09 bits per heavy atom. The highest BCUT2D eigenvalue weighted by atomic mass is 32.1. The van der Waals surface area contributed by atoms with E-state index in [2.05, 4.69) is 0 Å². The van der Waals surface area contributed by atoms with Crippen LogP contribution in [0.4, 0.5) is 0 Å². The lowest BCUT2D eigenvalue weighted by Crippen LogP contribution is -2.28. The molecule has 0 fully saturated rings. The van der Waals surface area contributed by atoms with Gasteiger partial charge in [-0.15, -0.1) is 11.3 Å². The highest BCUT2D eigenvalue weighted by molar-refractivity contribution is 7.10. The fourth-order valence-electron chi connectivity index (χ4n) is 3.41. The number of benzene rings is 1. The monoisotopic (exact) mass is 324 g/mol. The molecule has 4 rings (SSSR count). The van der Waals surface area contributed by atoms with Crippen molar-refractivity contribution in [3.63, 3.8) is 0 Å². The molecule has 0 saturated heterocycles. The third-order valence-corrected chi connectivity index (χ3v) is 5.41. The molecule has 2 unspecified atom stereocenters. The van der Waals surface area contributed by atoms with Crippen molar-refractivity contribution in [2.45, 2.75) is 31.3 Å². The van der Waals surface area contributed by atoms with Crippen LogP contribution in [0.15, 0.2) is 59.2 Å². The molecule has 0 N–H and O–H groups in total. The van der Waals surface area contributed by atoms with E-state index >= 15 is 0 Å². The number of allylic oxidation sites excluding steroid dienone is 1. The summed E-state index contributed by atoms with van der Waals surface area (Å²) >= 11 is 1.58. The summed E-state index contributed by atoms with van der Waals surface area (Å²) < 4.78 is 6.00. The summed E-state index contributed by atoms with van der Waals surface area (Å²) in [4.78, 5) is 26.4. The van der Waals surface area contributed by atoms with Crippen molar-refractivity contribution in [2.75, 3.05) is 0 Å². The maximum Gasteiger partial charge on any atom is 0.204 e. The van der Waals surface area contributed by atoms with E-state index in [1.165, 1.54) is 0 Å². The molecular formula is C19H16O3S. The topological polar surface area (TPSA) is 43.4 Å². The normalized spacial score (nSPS) is 23.6. The van der Waals surface area contributed by atoms with Gasteiger partial charge in [0.2, 0.25) is 5.78 Å². The van der Waals surface area contributed by atoms with Crippen LogP contribution in [0.3, 0.4) is 0 Å². The number of thiophene rings is 1. The van der Waals surface area contributed by atoms with Crippen molar-refractivity contribution in [1.82, 2.24) is 0 Å². The Hall–Kier alpha value is -2.20. The highest BCUT2D eigenvalue weighted by Crippen LogP contribution is 2.46. The quantitative estimate of drug-likeness (QED) is 0.798. The fourth-order valence-corrected chi connectivity index (χ4v) is 4.27. The number of ether oxygens (including phenoxy) is 1. The molecule has 2 heterocycles. The summed E-state index contributed by atoms with van der Waals surface area (Å²) in [6.45, 7) is 0. The van der Waals surface area contributed by atoms with Crippen molar-refractivity contribution in [2.24, 2.45) is 0 Å². The Morgan fingerprint density at radius 2 is 1.91 bits per heavy atom. The maximum absolute atomic E-state index is 12.9. The van der Waals surface area contributed by atoms with Gasteiger partial charge >= 0.3 is 0 Å². The summed E-state index contributed by atoms with van der Waals surface area (Å²) in [5.74, 6) is 0.554. The number of hydrogen-bond acceptors (Lipinski definition) is 4. The van der Waals surface area contributed by atoms with Crippen molar-refractivity contribution >= 4 is 22.9 Å². The summed E-state index contributed by atoms with van der Waals surface area (Å²) in [5, 5.41) is 1.98. The molecule has 1 aliphatic carbocycles. The third-order valence-electron chi connectivity index (χ3n) is 4.46. The van der Waals surface area contributed by atoms with E-state index in [0.29, 0.717) is 12.0 Å². The average Bonchev–Trinajstić information content (AvgIpc) is 3.22. The standard InChI is InChI=1S/C19H16O3S/c20-13-8-4-9-14-16(13)17(15-10-5-11-23-15)19(22-14)18(21)12-6-2-1-3-7-12/h1-3,5-7,10-11,17,19H,4,8-9H2. The molecule has 4 heteroatoms. The lowest BCUT2D eigenvalue weighted by molar-refractivity contribution is -0.116. The van der Waals surface area contributed by atoms with Crippen LogP contribution in [0.2, 0.25) is 0 Å². The Labute approximate surface area is 138 Å². The average molecular weight is 324 g/mol. The molecule has 0 bridgehead atoms. The molecule has 1 aliphatic heterocycles. The van der Waals surface area contributed by atoms with Gasteiger partial charge in [-0.05, 0) is 17.9 Å². The van der Waals surface area contributed by atoms with Crippen LogP contribution in [0.1, 0.15) is 40.4 Å². The van der Waals surface area contributed by atoms with Gasteiger partial charge in [0, 0.05) is 28.9 Å². The van der Waals surface area contributed by atoms with Gasteiger partial charge in [0.05, 0.1) is 5.92 Å². The summed E-state index contributed by atoms with van der Waals surface area (Å²) in [7, 11) is 0. The second-order valence-electron chi connectivity index (χ2n) is 5.88. The molecule has 2 aromatic rings. The van der Waals surface area contributed by atoms with Crippen LogP contribution in [-0.4, -0.2) is 17.7 Å². The van der Waals surface area contributed by atoms with Crippen LogP contribution in [0, 0.1) is 0 Å². The van der Waals surface area contributed by atoms with Gasteiger partial charge in [-0.1, -0.05) is 36.4 Å². The lowest BCUT2D eigenvalue weighted by Gasteiger charge is -2.19. The van der Waals surface area contributed by atoms with Gasteiger partial charge in [-0.3, -0.25) is 9.59 Å². The Bertz CT molecular complexity index is 774. The molecule has 0 spiro atoms. The van der Waals surface area contributed by atoms with Crippen molar-refractivity contribution < 1.29 is 14.3 Å². The minimum atomic E-state index is -0.622. The second kappa shape index (κ2) is 5.78. The van der Waals surface area contributed by atoms with Crippen molar-refractivity contribution in [1.29, 1.82) is 0 Å². The predicted octanol–water partition coefficient (Wildman–Crippen LogP) is 4.12. The zero-order valence-electron chi connectivity index (χ0n) is 12.5. The van der Waals surface area contributed by atoms with E-state index in [1.54, 1.807) is 23.5 Å². The zero-order chi connectivity index (χ0) is 15.8. The van der Waals surface area contributed by atoms with Crippen molar-refractivity contribution in [3.8, 4) is 0 Å². The first kappa shape index (κ1) is 14.4. The molecule has 1 aromatic carbocycles. The molecular weight excluding hydrogens is 308 g/mol. The van der Waals surface area contributed by atoms with E-state index in [0.717, 1.165) is 29.1 Å². The summed E-state index contributed by atoms with van der Waals surface area (Å²) in [5.41, 5.74) is 1.36. The van der Waals surface area contributed by atoms with Gasteiger partial charge < -0.3 is 4.74 Å². The Balaban J connectivity index is 1.76. The largest absolute Gasteiger partial charge is 0.485 e. The summed E-state index contributed by atoms with van der Waals surface area (Å²) in [6.07, 6.45) is 1.49. The van der Waals surface area contributed by atoms with Crippen LogP contribution >= 0.6 is 11.3 Å². The fraction of sp³-hybridized carbons (Fsp3) is 0.263. The van der Waals surface area contributed by atoms with E-state index in [4.69, 9.17) is 4.74 Å². The second-order valence-corrected chi connectivity index (χ2v) is 6.85. The third kappa shape index (κ3) is 2.43. The predicted molar refractivity (Wildman–Crippen MR) is 88.6 cm³/mol. The van der Waals surface area contributed by atoms with E-state index in [1.807, 2.05) is 35.7 Å². The number of carbonyl (C=O) groups excluding carboxylic acids is 2.